The predicted molar refractivity (Wildman–Crippen MR) is 90.1 cm³/mol. The van der Waals surface area contributed by atoms with Crippen LogP contribution in [0.1, 0.15) is 12.0 Å². The standard InChI is InChI=1S/C17H20N2O2S/c1-13-7-5-6-10-16(13)22(21)12-11-15(18)17(20)19-14-8-3-2-4-9-14/h2-10,15H,11-12,18H2,1H3,(H,19,20). The van der Waals surface area contributed by atoms with E-state index in [9.17, 15) is 9.00 Å². The molecule has 116 valence electrons. The van der Waals surface area contributed by atoms with Crippen molar-refractivity contribution in [2.45, 2.75) is 24.3 Å². The summed E-state index contributed by atoms with van der Waals surface area (Å²) in [5.74, 6) is 0.113. The van der Waals surface area contributed by atoms with Gasteiger partial charge in [-0.25, -0.2) is 0 Å². The van der Waals surface area contributed by atoms with E-state index in [0.717, 1.165) is 10.5 Å². The summed E-state index contributed by atoms with van der Waals surface area (Å²) in [5, 5.41) is 2.75. The van der Waals surface area contributed by atoms with Crippen LogP contribution in [0.15, 0.2) is 59.5 Å². The Labute approximate surface area is 133 Å². The predicted octanol–water partition coefficient (Wildman–Crippen LogP) is 2.46. The van der Waals surface area contributed by atoms with E-state index < -0.39 is 16.8 Å². The smallest absolute Gasteiger partial charge is 0.241 e. The van der Waals surface area contributed by atoms with Crippen molar-refractivity contribution in [1.29, 1.82) is 0 Å². The summed E-state index contributed by atoms with van der Waals surface area (Å²) in [6.07, 6.45) is 0.375. The Morgan fingerprint density at radius 1 is 1.14 bits per heavy atom. The lowest BCUT2D eigenvalue weighted by Gasteiger charge is -2.12. The fourth-order valence-corrected chi connectivity index (χ4v) is 3.39. The first-order chi connectivity index (χ1) is 10.6. The molecular weight excluding hydrogens is 296 g/mol. The van der Waals surface area contributed by atoms with Gasteiger partial charge in [0.25, 0.3) is 0 Å². The third-order valence-electron chi connectivity index (χ3n) is 3.33. The minimum absolute atomic E-state index is 0.256. The molecule has 0 spiro atoms. The lowest BCUT2D eigenvalue weighted by Crippen LogP contribution is -2.36. The minimum Gasteiger partial charge on any atom is -0.325 e. The molecule has 0 radical (unpaired) electrons. The quantitative estimate of drug-likeness (QED) is 0.860. The van der Waals surface area contributed by atoms with Crippen LogP contribution < -0.4 is 11.1 Å². The maximum Gasteiger partial charge on any atom is 0.241 e. The molecule has 0 fully saturated rings. The van der Waals surface area contributed by atoms with Crippen LogP contribution in [0.3, 0.4) is 0 Å². The molecule has 4 nitrogen and oxygen atoms in total. The Kier molecular flexibility index (Phi) is 5.86. The van der Waals surface area contributed by atoms with E-state index >= 15 is 0 Å². The topological polar surface area (TPSA) is 72.2 Å². The average Bonchev–Trinajstić information content (AvgIpc) is 2.53. The van der Waals surface area contributed by atoms with Crippen LogP contribution in [0.4, 0.5) is 5.69 Å². The number of anilines is 1. The molecule has 1 amide bonds. The summed E-state index contributed by atoms with van der Waals surface area (Å²) in [6.45, 7) is 1.93. The van der Waals surface area contributed by atoms with Crippen LogP contribution in [-0.4, -0.2) is 21.9 Å². The van der Waals surface area contributed by atoms with Gasteiger partial charge in [-0.2, -0.15) is 0 Å². The van der Waals surface area contributed by atoms with Crippen LogP contribution in [0, 0.1) is 6.92 Å². The van der Waals surface area contributed by atoms with E-state index in [1.807, 2.05) is 49.4 Å². The lowest BCUT2D eigenvalue weighted by atomic mass is 10.2. The Balaban J connectivity index is 1.87. The first-order valence-electron chi connectivity index (χ1n) is 7.13. The van der Waals surface area contributed by atoms with Crippen LogP contribution in [0.5, 0.6) is 0 Å². The molecule has 5 heteroatoms. The highest BCUT2D eigenvalue weighted by atomic mass is 32.2. The maximum atomic E-state index is 12.3. The maximum absolute atomic E-state index is 12.3. The van der Waals surface area contributed by atoms with Crippen molar-refractivity contribution in [3.63, 3.8) is 0 Å². The lowest BCUT2D eigenvalue weighted by molar-refractivity contribution is -0.117. The van der Waals surface area contributed by atoms with Crippen molar-refractivity contribution in [2.24, 2.45) is 5.73 Å². The number of aryl methyl sites for hydroxylation is 1. The second-order valence-electron chi connectivity index (χ2n) is 5.07. The molecule has 2 atom stereocenters. The van der Waals surface area contributed by atoms with Crippen LogP contribution in [-0.2, 0) is 15.6 Å². The Morgan fingerprint density at radius 2 is 1.77 bits per heavy atom. The molecule has 0 saturated heterocycles. The van der Waals surface area contributed by atoms with Crippen LogP contribution >= 0.6 is 0 Å². The molecule has 0 saturated carbocycles. The molecule has 3 N–H and O–H groups in total. The first kappa shape index (κ1) is 16.4. The monoisotopic (exact) mass is 316 g/mol. The number of hydrogen-bond donors (Lipinski definition) is 2. The van der Waals surface area contributed by atoms with Gasteiger partial charge in [-0.05, 0) is 37.1 Å². The fourth-order valence-electron chi connectivity index (χ4n) is 2.04. The van der Waals surface area contributed by atoms with Crippen LogP contribution in [0.25, 0.3) is 0 Å². The number of hydrogen-bond acceptors (Lipinski definition) is 3. The van der Waals surface area contributed by atoms with Gasteiger partial charge in [-0.3, -0.25) is 9.00 Å². The van der Waals surface area contributed by atoms with Gasteiger partial charge in [0.2, 0.25) is 5.91 Å². The molecule has 2 unspecified atom stereocenters. The van der Waals surface area contributed by atoms with E-state index in [1.165, 1.54) is 0 Å². The van der Waals surface area contributed by atoms with Crippen molar-refractivity contribution in [3.8, 4) is 0 Å². The number of carbonyl (C=O) groups is 1. The van der Waals surface area contributed by atoms with Gasteiger partial charge in [-0.15, -0.1) is 0 Å². The van der Waals surface area contributed by atoms with E-state index in [-0.39, 0.29) is 5.91 Å². The van der Waals surface area contributed by atoms with Gasteiger partial charge < -0.3 is 11.1 Å². The van der Waals surface area contributed by atoms with E-state index in [4.69, 9.17) is 5.73 Å². The zero-order valence-electron chi connectivity index (χ0n) is 12.5. The summed E-state index contributed by atoms with van der Waals surface area (Å²) in [4.78, 5) is 12.8. The molecule has 22 heavy (non-hydrogen) atoms. The molecule has 2 aromatic rings. The molecule has 2 aromatic carbocycles. The summed E-state index contributed by atoms with van der Waals surface area (Å²) < 4.78 is 12.3. The third-order valence-corrected chi connectivity index (χ3v) is 4.89. The second-order valence-corrected chi connectivity index (χ2v) is 6.60. The zero-order chi connectivity index (χ0) is 15.9. The van der Waals surface area contributed by atoms with E-state index in [2.05, 4.69) is 5.32 Å². The number of carbonyl (C=O) groups excluding carboxylic acids is 1. The zero-order valence-corrected chi connectivity index (χ0v) is 13.3. The number of para-hydroxylation sites is 1. The van der Waals surface area contributed by atoms with Gasteiger partial charge in [-0.1, -0.05) is 36.4 Å². The molecule has 0 heterocycles. The first-order valence-corrected chi connectivity index (χ1v) is 8.45. The molecular formula is C17H20N2O2S. The molecule has 2 rings (SSSR count). The molecule has 0 aliphatic rings. The SMILES string of the molecule is Cc1ccccc1S(=O)CCC(N)C(=O)Nc1ccccc1. The number of nitrogens with two attached hydrogens (primary N) is 1. The normalized spacial score (nSPS) is 13.4. The van der Waals surface area contributed by atoms with E-state index in [0.29, 0.717) is 17.9 Å². The van der Waals surface area contributed by atoms with Gasteiger partial charge in [0.05, 0.1) is 16.8 Å². The summed E-state index contributed by atoms with van der Waals surface area (Å²) >= 11 is 0. The highest BCUT2D eigenvalue weighted by Crippen LogP contribution is 2.13. The van der Waals surface area contributed by atoms with Crippen molar-refractivity contribution in [2.75, 3.05) is 11.1 Å². The molecule has 0 bridgehead atoms. The van der Waals surface area contributed by atoms with Gasteiger partial charge in [0.15, 0.2) is 0 Å². The molecule has 0 aliphatic heterocycles. The Bertz CT molecular complexity index is 659. The van der Waals surface area contributed by atoms with Gasteiger partial charge >= 0.3 is 0 Å². The Hall–Kier alpha value is -1.98. The summed E-state index contributed by atoms with van der Waals surface area (Å²) in [6, 6.07) is 16.0. The van der Waals surface area contributed by atoms with Crippen molar-refractivity contribution >= 4 is 22.4 Å². The van der Waals surface area contributed by atoms with Gasteiger partial charge in [0, 0.05) is 16.3 Å². The minimum atomic E-state index is -1.14. The number of amides is 1. The number of benzene rings is 2. The highest BCUT2D eigenvalue weighted by Gasteiger charge is 2.16. The van der Waals surface area contributed by atoms with Crippen LogP contribution in [0.2, 0.25) is 0 Å². The number of rotatable bonds is 6. The summed E-state index contributed by atoms with van der Waals surface area (Å²) in [5.41, 5.74) is 7.58. The highest BCUT2D eigenvalue weighted by molar-refractivity contribution is 7.85. The second kappa shape index (κ2) is 7.87. The number of nitrogens with one attached hydrogen (secondary N) is 1. The fraction of sp³-hybridized carbons (Fsp3) is 0.235. The van der Waals surface area contributed by atoms with Crippen molar-refractivity contribution in [3.05, 3.63) is 60.2 Å². The van der Waals surface area contributed by atoms with Gasteiger partial charge in [0.1, 0.15) is 0 Å². The average molecular weight is 316 g/mol. The summed E-state index contributed by atoms with van der Waals surface area (Å²) in [7, 11) is -1.14. The van der Waals surface area contributed by atoms with Crippen molar-refractivity contribution in [1.82, 2.24) is 0 Å². The van der Waals surface area contributed by atoms with E-state index in [1.54, 1.807) is 12.1 Å². The van der Waals surface area contributed by atoms with Crippen molar-refractivity contribution < 1.29 is 9.00 Å². The molecule has 0 aromatic heterocycles. The molecule has 0 aliphatic carbocycles. The third kappa shape index (κ3) is 4.51. The Morgan fingerprint density at radius 3 is 2.45 bits per heavy atom. The largest absolute Gasteiger partial charge is 0.325 e.